The number of anilines is 1. The first-order valence-electron chi connectivity index (χ1n) is 13.9. The van der Waals surface area contributed by atoms with E-state index in [9.17, 15) is 4.79 Å². The standard InChI is InChI=1S/C30H28Cl2N4O5/c1-38-29(37)21-6-3-2-5-20(21)28-33-30(35-41-28)36-17-11-12-18(36)14-19(13-17)39-15-22-26(34-40-27(22)16-9-10-16)25-23(31)7-4-8-24(25)32/h2-8,16-19H,9-15H2,1H3. The van der Waals surface area contributed by atoms with Gasteiger partial charge in [-0.15, -0.1) is 0 Å². The summed E-state index contributed by atoms with van der Waals surface area (Å²) in [7, 11) is 1.35. The summed E-state index contributed by atoms with van der Waals surface area (Å²) in [4.78, 5) is 19.2. The Balaban J connectivity index is 1.08. The first kappa shape index (κ1) is 26.5. The number of hydrogen-bond acceptors (Lipinski definition) is 9. The van der Waals surface area contributed by atoms with Crippen LogP contribution in [0.4, 0.5) is 5.95 Å². The van der Waals surface area contributed by atoms with Gasteiger partial charge in [-0.05, 0) is 67.9 Å². The van der Waals surface area contributed by atoms with Gasteiger partial charge in [-0.1, -0.05) is 46.6 Å². The zero-order valence-corrected chi connectivity index (χ0v) is 23.9. The molecule has 11 heteroatoms. The summed E-state index contributed by atoms with van der Waals surface area (Å²) in [6, 6.07) is 13.0. The van der Waals surface area contributed by atoms with Crippen molar-refractivity contribution >= 4 is 35.1 Å². The van der Waals surface area contributed by atoms with Crippen molar-refractivity contribution in [1.29, 1.82) is 0 Å². The summed E-state index contributed by atoms with van der Waals surface area (Å²) < 4.78 is 22.9. The molecule has 3 fully saturated rings. The molecular formula is C30H28Cl2N4O5. The van der Waals surface area contributed by atoms with E-state index in [1.165, 1.54) is 7.11 Å². The molecule has 212 valence electrons. The summed E-state index contributed by atoms with van der Waals surface area (Å²) in [5, 5.41) is 9.76. The van der Waals surface area contributed by atoms with Crippen LogP contribution in [-0.4, -0.2) is 46.6 Å². The molecule has 1 aliphatic carbocycles. The van der Waals surface area contributed by atoms with Crippen molar-refractivity contribution in [3.8, 4) is 22.7 Å². The van der Waals surface area contributed by atoms with Crippen LogP contribution in [0.25, 0.3) is 22.7 Å². The number of fused-ring (bicyclic) bond motifs is 2. The average Bonchev–Trinajstić information content (AvgIpc) is 3.45. The van der Waals surface area contributed by atoms with E-state index in [2.05, 4.69) is 20.2 Å². The highest BCUT2D eigenvalue weighted by molar-refractivity contribution is 6.39. The maximum atomic E-state index is 12.3. The lowest BCUT2D eigenvalue weighted by molar-refractivity contribution is 0.0144. The van der Waals surface area contributed by atoms with Gasteiger partial charge in [0.2, 0.25) is 0 Å². The van der Waals surface area contributed by atoms with Gasteiger partial charge in [0.05, 0.1) is 41.0 Å². The summed E-state index contributed by atoms with van der Waals surface area (Å²) in [6.45, 7) is 0.382. The highest BCUT2D eigenvalue weighted by Crippen LogP contribution is 2.47. The SMILES string of the molecule is COC(=O)c1ccccc1-c1nc(N2C3CCC2CC(OCc2c(-c4c(Cl)cccc4Cl)noc2C2CC2)C3)no1. The van der Waals surface area contributed by atoms with Gasteiger partial charge in [0, 0.05) is 29.1 Å². The third-order valence-corrected chi connectivity index (χ3v) is 8.96. The van der Waals surface area contributed by atoms with Crippen molar-refractivity contribution in [1.82, 2.24) is 15.3 Å². The van der Waals surface area contributed by atoms with Crippen molar-refractivity contribution in [2.24, 2.45) is 0 Å². The second kappa shape index (κ2) is 10.8. The number of aromatic nitrogens is 3. The molecule has 0 amide bonds. The van der Waals surface area contributed by atoms with E-state index in [-0.39, 0.29) is 18.2 Å². The van der Waals surface area contributed by atoms with E-state index in [4.69, 9.17) is 41.7 Å². The fraction of sp³-hybridized carbons (Fsp3) is 0.400. The largest absolute Gasteiger partial charge is 0.465 e. The number of carbonyl (C=O) groups excluding carboxylic acids is 1. The van der Waals surface area contributed by atoms with Gasteiger partial charge in [-0.2, -0.15) is 4.98 Å². The van der Waals surface area contributed by atoms with Crippen molar-refractivity contribution in [3.63, 3.8) is 0 Å². The number of nitrogens with zero attached hydrogens (tertiary/aromatic N) is 4. The van der Waals surface area contributed by atoms with Crippen LogP contribution in [0.2, 0.25) is 10.0 Å². The lowest BCUT2D eigenvalue weighted by atomic mass is 9.99. The summed E-state index contributed by atoms with van der Waals surface area (Å²) in [5.41, 5.74) is 3.22. The highest BCUT2D eigenvalue weighted by Gasteiger charge is 2.44. The molecular weight excluding hydrogens is 567 g/mol. The number of benzene rings is 2. The van der Waals surface area contributed by atoms with Crippen LogP contribution in [0.3, 0.4) is 0 Å². The number of piperidine rings is 1. The Labute approximate surface area is 246 Å². The Bertz CT molecular complexity index is 1560. The van der Waals surface area contributed by atoms with Crippen LogP contribution >= 0.6 is 23.2 Å². The van der Waals surface area contributed by atoms with Crippen LogP contribution in [0.5, 0.6) is 0 Å². The van der Waals surface area contributed by atoms with E-state index in [0.29, 0.717) is 56.8 Å². The van der Waals surface area contributed by atoms with Crippen molar-refractivity contribution in [3.05, 3.63) is 69.4 Å². The number of methoxy groups -OCH3 is 1. The maximum absolute atomic E-state index is 12.3. The Hall–Kier alpha value is -3.40. The molecule has 4 aromatic rings. The van der Waals surface area contributed by atoms with Gasteiger partial charge in [0.1, 0.15) is 11.5 Å². The third kappa shape index (κ3) is 4.90. The molecule has 0 radical (unpaired) electrons. The molecule has 9 nitrogen and oxygen atoms in total. The molecule has 2 bridgehead atoms. The summed E-state index contributed by atoms with van der Waals surface area (Å²) in [5.74, 6) is 1.63. The Morgan fingerprint density at radius 3 is 2.41 bits per heavy atom. The van der Waals surface area contributed by atoms with Gasteiger partial charge in [-0.25, -0.2) is 4.79 Å². The van der Waals surface area contributed by atoms with Gasteiger partial charge in [0.15, 0.2) is 0 Å². The van der Waals surface area contributed by atoms with Crippen LogP contribution < -0.4 is 4.90 Å². The van der Waals surface area contributed by atoms with E-state index in [1.807, 2.05) is 24.3 Å². The summed E-state index contributed by atoms with van der Waals surface area (Å²) >= 11 is 13.1. The third-order valence-electron chi connectivity index (χ3n) is 8.33. The zero-order chi connectivity index (χ0) is 28.1. The molecule has 4 heterocycles. The number of esters is 1. The van der Waals surface area contributed by atoms with E-state index >= 15 is 0 Å². The normalized spacial score (nSPS) is 21.8. The molecule has 2 unspecified atom stereocenters. The molecule has 0 N–H and O–H groups in total. The topological polar surface area (TPSA) is 104 Å². The van der Waals surface area contributed by atoms with Crippen LogP contribution in [0.1, 0.15) is 66.1 Å². The van der Waals surface area contributed by atoms with Gasteiger partial charge in [0.25, 0.3) is 11.8 Å². The first-order chi connectivity index (χ1) is 20.0. The van der Waals surface area contributed by atoms with Crippen LogP contribution in [0, 0.1) is 0 Å². The molecule has 1 saturated carbocycles. The molecule has 0 spiro atoms. The Kier molecular flexibility index (Phi) is 6.97. The smallest absolute Gasteiger partial charge is 0.338 e. The number of carbonyl (C=O) groups is 1. The van der Waals surface area contributed by atoms with E-state index in [1.54, 1.807) is 18.2 Å². The summed E-state index contributed by atoms with van der Waals surface area (Å²) in [6.07, 6.45) is 5.94. The second-order valence-electron chi connectivity index (χ2n) is 10.9. The van der Waals surface area contributed by atoms with Gasteiger partial charge >= 0.3 is 5.97 Å². The number of halogens is 2. The molecule has 7 rings (SSSR count). The maximum Gasteiger partial charge on any atom is 0.338 e. The molecule has 2 aliphatic heterocycles. The lowest BCUT2D eigenvalue weighted by Crippen LogP contribution is -2.46. The van der Waals surface area contributed by atoms with Crippen LogP contribution in [0.15, 0.2) is 51.5 Å². The predicted molar refractivity (Wildman–Crippen MR) is 152 cm³/mol. The Morgan fingerprint density at radius 2 is 1.71 bits per heavy atom. The van der Waals surface area contributed by atoms with Crippen LogP contribution in [-0.2, 0) is 16.1 Å². The second-order valence-corrected chi connectivity index (χ2v) is 11.7. The lowest BCUT2D eigenvalue weighted by Gasteiger charge is -2.37. The van der Waals surface area contributed by atoms with E-state index in [0.717, 1.165) is 49.8 Å². The van der Waals surface area contributed by atoms with E-state index < -0.39 is 5.97 Å². The minimum Gasteiger partial charge on any atom is -0.465 e. The fourth-order valence-corrected chi connectivity index (χ4v) is 6.80. The van der Waals surface area contributed by atoms with Crippen molar-refractivity contribution in [2.45, 2.75) is 69.2 Å². The minimum atomic E-state index is -0.448. The Morgan fingerprint density at radius 1 is 0.976 bits per heavy atom. The average molecular weight is 595 g/mol. The molecule has 2 atom stereocenters. The van der Waals surface area contributed by atoms with Gasteiger partial charge < -0.3 is 23.4 Å². The number of rotatable bonds is 8. The monoisotopic (exact) mass is 594 g/mol. The van der Waals surface area contributed by atoms with Crippen molar-refractivity contribution < 1.29 is 23.3 Å². The number of ether oxygens (including phenoxy) is 2. The zero-order valence-electron chi connectivity index (χ0n) is 22.4. The molecule has 41 heavy (non-hydrogen) atoms. The number of hydrogen-bond donors (Lipinski definition) is 0. The molecule has 2 saturated heterocycles. The molecule has 2 aromatic heterocycles. The highest BCUT2D eigenvalue weighted by atomic mass is 35.5. The van der Waals surface area contributed by atoms with Gasteiger partial charge in [-0.3, -0.25) is 0 Å². The fourth-order valence-electron chi connectivity index (χ4n) is 6.23. The minimum absolute atomic E-state index is 0.0618. The predicted octanol–water partition coefficient (Wildman–Crippen LogP) is 7.08. The van der Waals surface area contributed by atoms with Crippen molar-refractivity contribution in [2.75, 3.05) is 12.0 Å². The quantitative estimate of drug-likeness (QED) is 0.198. The molecule has 2 aromatic carbocycles. The first-order valence-corrected chi connectivity index (χ1v) is 14.6. The molecule has 3 aliphatic rings.